The fourth-order valence-corrected chi connectivity index (χ4v) is 1.42. The minimum Gasteiger partial charge on any atom is -0.399 e. The van der Waals surface area contributed by atoms with Gasteiger partial charge in [-0.15, -0.1) is 0 Å². The van der Waals surface area contributed by atoms with Crippen LogP contribution >= 0.6 is 0 Å². The van der Waals surface area contributed by atoms with E-state index in [1.807, 2.05) is 36.0 Å². The largest absolute Gasteiger partial charge is 0.399 e. The summed E-state index contributed by atoms with van der Waals surface area (Å²) in [5.41, 5.74) is 8.92. The van der Waals surface area contributed by atoms with E-state index in [1.165, 1.54) is 5.56 Å². The van der Waals surface area contributed by atoms with Crippen LogP contribution in [0.25, 0.3) is 0 Å². The average Bonchev–Trinajstić information content (AvgIpc) is 2.64. The Kier molecular flexibility index (Phi) is 2.23. The third-order valence-corrected chi connectivity index (χ3v) is 2.24. The van der Waals surface area contributed by atoms with Crippen LogP contribution in [0.4, 0.5) is 5.69 Å². The molecule has 0 saturated carbocycles. The van der Waals surface area contributed by atoms with E-state index in [4.69, 9.17) is 5.73 Å². The minimum atomic E-state index is 0.800. The fraction of sp³-hybridized carbons (Fsp3) is 0.182. The molecule has 0 unspecified atom stereocenters. The first-order valence-electron chi connectivity index (χ1n) is 4.58. The van der Waals surface area contributed by atoms with Crippen LogP contribution in [0.1, 0.15) is 11.1 Å². The third-order valence-electron chi connectivity index (χ3n) is 2.24. The summed E-state index contributed by atoms with van der Waals surface area (Å²) in [7, 11) is 0. The molecule has 72 valence electrons. The van der Waals surface area contributed by atoms with Crippen LogP contribution in [0.3, 0.4) is 0 Å². The van der Waals surface area contributed by atoms with Gasteiger partial charge in [0.15, 0.2) is 0 Å². The molecule has 0 amide bonds. The van der Waals surface area contributed by atoms with Crippen molar-refractivity contribution in [1.82, 2.24) is 9.78 Å². The van der Waals surface area contributed by atoms with E-state index in [0.717, 1.165) is 17.8 Å². The zero-order valence-corrected chi connectivity index (χ0v) is 8.14. The van der Waals surface area contributed by atoms with Gasteiger partial charge in [-0.2, -0.15) is 5.10 Å². The highest BCUT2D eigenvalue weighted by atomic mass is 15.3. The van der Waals surface area contributed by atoms with Gasteiger partial charge in [-0.05, 0) is 30.2 Å². The number of hydrogen-bond donors (Lipinski definition) is 1. The van der Waals surface area contributed by atoms with Crippen LogP contribution < -0.4 is 5.73 Å². The highest BCUT2D eigenvalue weighted by Crippen LogP contribution is 2.13. The molecule has 2 aromatic rings. The Morgan fingerprint density at radius 2 is 2.29 bits per heavy atom. The van der Waals surface area contributed by atoms with Crippen molar-refractivity contribution in [2.75, 3.05) is 5.73 Å². The van der Waals surface area contributed by atoms with Crippen molar-refractivity contribution < 1.29 is 0 Å². The van der Waals surface area contributed by atoms with Gasteiger partial charge in [0.1, 0.15) is 0 Å². The molecular weight excluding hydrogens is 174 g/mol. The summed E-state index contributed by atoms with van der Waals surface area (Å²) in [6.45, 7) is 2.82. The molecule has 3 heteroatoms. The molecule has 3 nitrogen and oxygen atoms in total. The van der Waals surface area contributed by atoms with E-state index in [9.17, 15) is 0 Å². The van der Waals surface area contributed by atoms with Crippen LogP contribution in [0.5, 0.6) is 0 Å². The fourth-order valence-electron chi connectivity index (χ4n) is 1.42. The van der Waals surface area contributed by atoms with E-state index in [1.54, 1.807) is 6.20 Å². The molecule has 0 bridgehead atoms. The van der Waals surface area contributed by atoms with E-state index in [-0.39, 0.29) is 0 Å². The number of hydrogen-bond acceptors (Lipinski definition) is 2. The van der Waals surface area contributed by atoms with Gasteiger partial charge in [0.2, 0.25) is 0 Å². The zero-order valence-electron chi connectivity index (χ0n) is 8.14. The average molecular weight is 187 g/mol. The van der Waals surface area contributed by atoms with Crippen molar-refractivity contribution in [3.63, 3.8) is 0 Å². The van der Waals surface area contributed by atoms with Gasteiger partial charge in [-0.25, -0.2) is 0 Å². The van der Waals surface area contributed by atoms with Gasteiger partial charge in [0, 0.05) is 18.1 Å². The van der Waals surface area contributed by atoms with Crippen molar-refractivity contribution in [3.8, 4) is 0 Å². The Balaban J connectivity index is 2.22. The van der Waals surface area contributed by atoms with Gasteiger partial charge in [0.25, 0.3) is 0 Å². The smallest absolute Gasteiger partial charge is 0.0659 e. The molecule has 0 fully saturated rings. The molecule has 14 heavy (non-hydrogen) atoms. The molecule has 2 rings (SSSR count). The lowest BCUT2D eigenvalue weighted by molar-refractivity contribution is 0.686. The topological polar surface area (TPSA) is 43.8 Å². The molecule has 0 aliphatic heterocycles. The molecular formula is C11H13N3. The number of rotatable bonds is 2. The molecule has 0 spiro atoms. The Morgan fingerprint density at radius 1 is 1.43 bits per heavy atom. The maximum absolute atomic E-state index is 5.74. The normalized spacial score (nSPS) is 10.4. The van der Waals surface area contributed by atoms with Gasteiger partial charge in [0.05, 0.1) is 6.54 Å². The first kappa shape index (κ1) is 8.81. The van der Waals surface area contributed by atoms with Gasteiger partial charge in [-0.3, -0.25) is 4.68 Å². The highest BCUT2D eigenvalue weighted by Gasteiger charge is 1.97. The van der Waals surface area contributed by atoms with Crippen molar-refractivity contribution in [2.45, 2.75) is 13.5 Å². The Morgan fingerprint density at radius 3 is 2.93 bits per heavy atom. The van der Waals surface area contributed by atoms with Gasteiger partial charge < -0.3 is 5.73 Å². The summed E-state index contributed by atoms with van der Waals surface area (Å²) < 4.78 is 1.89. The van der Waals surface area contributed by atoms with Crippen molar-refractivity contribution in [1.29, 1.82) is 0 Å². The van der Waals surface area contributed by atoms with Crippen LogP contribution in [0, 0.1) is 6.92 Å². The first-order valence-corrected chi connectivity index (χ1v) is 4.58. The van der Waals surface area contributed by atoms with Crippen LogP contribution in [0.15, 0.2) is 36.7 Å². The quantitative estimate of drug-likeness (QED) is 0.729. The number of aromatic nitrogens is 2. The predicted octanol–water partition coefficient (Wildman–Crippen LogP) is 1.82. The molecule has 1 aromatic carbocycles. The maximum Gasteiger partial charge on any atom is 0.0659 e. The van der Waals surface area contributed by atoms with Crippen LogP contribution in [0.2, 0.25) is 0 Å². The lowest BCUT2D eigenvalue weighted by atomic mass is 10.1. The lowest BCUT2D eigenvalue weighted by Crippen LogP contribution is -2.00. The second kappa shape index (κ2) is 3.54. The second-order valence-corrected chi connectivity index (χ2v) is 3.39. The summed E-state index contributed by atoms with van der Waals surface area (Å²) in [6, 6.07) is 7.99. The SMILES string of the molecule is Cc1cc(Cn2cccn2)ccc1N. The van der Waals surface area contributed by atoms with Crippen LogP contribution in [-0.2, 0) is 6.54 Å². The predicted molar refractivity (Wildman–Crippen MR) is 56.9 cm³/mol. The highest BCUT2D eigenvalue weighted by molar-refractivity contribution is 5.47. The Hall–Kier alpha value is -1.77. The minimum absolute atomic E-state index is 0.800. The van der Waals surface area contributed by atoms with E-state index < -0.39 is 0 Å². The van der Waals surface area contributed by atoms with Gasteiger partial charge >= 0.3 is 0 Å². The standard InChI is InChI=1S/C11H13N3/c1-9-7-10(3-4-11(9)12)8-14-6-2-5-13-14/h2-7H,8,12H2,1H3. The number of benzene rings is 1. The zero-order chi connectivity index (χ0) is 9.97. The maximum atomic E-state index is 5.74. The summed E-state index contributed by atoms with van der Waals surface area (Å²) in [6.07, 6.45) is 3.73. The molecule has 0 aliphatic rings. The van der Waals surface area contributed by atoms with Gasteiger partial charge in [-0.1, -0.05) is 12.1 Å². The monoisotopic (exact) mass is 187 g/mol. The lowest BCUT2D eigenvalue weighted by Gasteiger charge is -2.05. The summed E-state index contributed by atoms with van der Waals surface area (Å²) in [5, 5.41) is 4.15. The van der Waals surface area contributed by atoms with E-state index in [2.05, 4.69) is 11.2 Å². The van der Waals surface area contributed by atoms with Crippen molar-refractivity contribution in [2.24, 2.45) is 0 Å². The van der Waals surface area contributed by atoms with E-state index in [0.29, 0.717) is 0 Å². The number of nitrogen functional groups attached to an aromatic ring is 1. The molecule has 1 heterocycles. The number of aryl methyl sites for hydroxylation is 1. The first-order chi connectivity index (χ1) is 6.75. The number of nitrogens with two attached hydrogens (primary N) is 1. The molecule has 0 saturated heterocycles. The van der Waals surface area contributed by atoms with Crippen molar-refractivity contribution >= 4 is 5.69 Å². The van der Waals surface area contributed by atoms with Crippen molar-refractivity contribution in [3.05, 3.63) is 47.8 Å². The Labute approximate surface area is 83.2 Å². The second-order valence-electron chi connectivity index (χ2n) is 3.39. The molecule has 0 aliphatic carbocycles. The molecule has 0 radical (unpaired) electrons. The van der Waals surface area contributed by atoms with E-state index >= 15 is 0 Å². The summed E-state index contributed by atoms with van der Waals surface area (Å²) in [5.74, 6) is 0. The van der Waals surface area contributed by atoms with Crippen LogP contribution in [-0.4, -0.2) is 9.78 Å². The number of nitrogens with zero attached hydrogens (tertiary/aromatic N) is 2. The summed E-state index contributed by atoms with van der Waals surface area (Å²) >= 11 is 0. The Bertz CT molecular complexity index is 418. The summed E-state index contributed by atoms with van der Waals surface area (Å²) in [4.78, 5) is 0. The third kappa shape index (κ3) is 1.76. The molecule has 1 aromatic heterocycles. The molecule has 2 N–H and O–H groups in total. The molecule has 0 atom stereocenters. The number of anilines is 1.